The van der Waals surface area contributed by atoms with E-state index >= 15 is 0 Å². The molecule has 3 amide bonds. The van der Waals surface area contributed by atoms with Crippen molar-refractivity contribution in [3.8, 4) is 11.5 Å². The van der Waals surface area contributed by atoms with Crippen molar-refractivity contribution in [2.45, 2.75) is 33.2 Å². The molecule has 3 rings (SSSR count). The van der Waals surface area contributed by atoms with Crippen LogP contribution in [-0.2, 0) is 11.2 Å². The second-order valence-corrected chi connectivity index (χ2v) is 7.07. The van der Waals surface area contributed by atoms with Gasteiger partial charge in [0.2, 0.25) is 5.91 Å². The van der Waals surface area contributed by atoms with Gasteiger partial charge in [0.1, 0.15) is 13.2 Å². The Morgan fingerprint density at radius 1 is 1.04 bits per heavy atom. The van der Waals surface area contributed by atoms with Crippen molar-refractivity contribution >= 4 is 11.9 Å². The number of amides is 3. The molecule has 7 heteroatoms. The highest BCUT2D eigenvalue weighted by Crippen LogP contribution is 2.33. The number of nitrogens with one attached hydrogen (secondary N) is 1. The predicted octanol–water partition coefficient (Wildman–Crippen LogP) is 1.57. The monoisotopic (exact) mass is 361 g/mol. The van der Waals surface area contributed by atoms with Gasteiger partial charge in [0.25, 0.3) is 0 Å². The van der Waals surface area contributed by atoms with E-state index in [-0.39, 0.29) is 18.0 Å². The first-order valence-electron chi connectivity index (χ1n) is 9.16. The van der Waals surface area contributed by atoms with Gasteiger partial charge < -0.3 is 24.6 Å². The second-order valence-electron chi connectivity index (χ2n) is 7.07. The van der Waals surface area contributed by atoms with Gasteiger partial charge in [-0.05, 0) is 44.0 Å². The molecule has 0 aliphatic carbocycles. The van der Waals surface area contributed by atoms with Crippen LogP contribution in [0.25, 0.3) is 0 Å². The maximum absolute atomic E-state index is 12.7. The lowest BCUT2D eigenvalue weighted by atomic mass is 10.0. The number of rotatable bonds is 3. The Hall–Kier alpha value is -2.44. The van der Waals surface area contributed by atoms with Crippen LogP contribution in [0.1, 0.15) is 25.0 Å². The van der Waals surface area contributed by atoms with Crippen molar-refractivity contribution in [2.24, 2.45) is 0 Å². The van der Waals surface area contributed by atoms with Gasteiger partial charge >= 0.3 is 6.03 Å². The summed E-state index contributed by atoms with van der Waals surface area (Å²) in [7, 11) is 0. The maximum Gasteiger partial charge on any atom is 0.317 e. The summed E-state index contributed by atoms with van der Waals surface area (Å²) in [4.78, 5) is 28.3. The van der Waals surface area contributed by atoms with E-state index in [1.807, 2.05) is 37.8 Å². The summed E-state index contributed by atoms with van der Waals surface area (Å²) < 4.78 is 11.2. The zero-order chi connectivity index (χ0) is 18.7. The number of benzene rings is 1. The van der Waals surface area contributed by atoms with Gasteiger partial charge in [-0.2, -0.15) is 0 Å². The third kappa shape index (κ3) is 4.20. The third-order valence-corrected chi connectivity index (χ3v) is 4.67. The number of aryl methyl sites for hydroxylation is 1. The number of hydrogen-bond acceptors (Lipinski definition) is 4. The van der Waals surface area contributed by atoms with Crippen LogP contribution in [0.4, 0.5) is 4.79 Å². The Morgan fingerprint density at radius 3 is 2.23 bits per heavy atom. The van der Waals surface area contributed by atoms with Crippen molar-refractivity contribution in [3.63, 3.8) is 0 Å². The van der Waals surface area contributed by atoms with Crippen LogP contribution in [-0.4, -0.2) is 67.2 Å². The number of nitrogens with zero attached hydrogens (tertiary/aromatic N) is 2. The molecule has 0 spiro atoms. The number of hydrogen-bond donors (Lipinski definition) is 1. The molecule has 2 heterocycles. The molecule has 0 unspecified atom stereocenters. The van der Waals surface area contributed by atoms with E-state index < -0.39 is 0 Å². The Kier molecular flexibility index (Phi) is 5.54. The molecule has 0 radical (unpaired) electrons. The van der Waals surface area contributed by atoms with Gasteiger partial charge in [-0.3, -0.25) is 4.79 Å². The summed E-state index contributed by atoms with van der Waals surface area (Å²) in [5, 5.41) is 2.89. The van der Waals surface area contributed by atoms with Crippen molar-refractivity contribution in [1.82, 2.24) is 15.1 Å². The minimum atomic E-state index is -0.0604. The first kappa shape index (κ1) is 18.4. The number of fused-ring (bicyclic) bond motifs is 1. The summed E-state index contributed by atoms with van der Waals surface area (Å²) >= 11 is 0. The van der Waals surface area contributed by atoms with E-state index in [9.17, 15) is 9.59 Å². The molecule has 142 valence electrons. The van der Waals surface area contributed by atoms with E-state index in [2.05, 4.69) is 5.32 Å². The summed E-state index contributed by atoms with van der Waals surface area (Å²) in [5.41, 5.74) is 1.98. The van der Waals surface area contributed by atoms with Gasteiger partial charge in [0.05, 0.1) is 6.42 Å². The van der Waals surface area contributed by atoms with E-state index in [4.69, 9.17) is 9.47 Å². The molecule has 1 saturated heterocycles. The molecule has 7 nitrogen and oxygen atoms in total. The largest absolute Gasteiger partial charge is 0.486 e. The highest BCUT2D eigenvalue weighted by molar-refractivity contribution is 5.80. The third-order valence-electron chi connectivity index (χ3n) is 4.67. The van der Waals surface area contributed by atoms with E-state index in [0.29, 0.717) is 51.6 Å². The Morgan fingerprint density at radius 2 is 1.62 bits per heavy atom. The van der Waals surface area contributed by atoms with Gasteiger partial charge in [0, 0.05) is 32.2 Å². The SMILES string of the molecule is Cc1cc2c(cc1CC(=O)N1CCN(C(=O)NC(C)C)CC1)OCCO2. The highest BCUT2D eigenvalue weighted by atomic mass is 16.6. The lowest BCUT2D eigenvalue weighted by molar-refractivity contribution is -0.131. The molecule has 1 N–H and O–H groups in total. The molecule has 1 aromatic carbocycles. The average Bonchev–Trinajstić information content (AvgIpc) is 2.62. The molecule has 0 saturated carbocycles. The van der Waals surface area contributed by atoms with Crippen LogP contribution in [0.3, 0.4) is 0 Å². The number of urea groups is 1. The lowest BCUT2D eigenvalue weighted by Gasteiger charge is -2.35. The van der Waals surface area contributed by atoms with Crippen LogP contribution in [0.5, 0.6) is 11.5 Å². The summed E-state index contributed by atoms with van der Waals surface area (Å²) in [6, 6.07) is 3.90. The minimum absolute atomic E-state index is 0.0604. The minimum Gasteiger partial charge on any atom is -0.486 e. The molecule has 2 aliphatic rings. The normalized spacial score (nSPS) is 16.6. The van der Waals surface area contributed by atoms with Crippen LogP contribution in [0.2, 0.25) is 0 Å². The zero-order valence-corrected chi connectivity index (χ0v) is 15.7. The Balaban J connectivity index is 1.57. The molecule has 26 heavy (non-hydrogen) atoms. The van der Waals surface area contributed by atoms with E-state index in [0.717, 1.165) is 16.9 Å². The van der Waals surface area contributed by atoms with Crippen molar-refractivity contribution in [3.05, 3.63) is 23.3 Å². The highest BCUT2D eigenvalue weighted by Gasteiger charge is 2.25. The summed E-state index contributed by atoms with van der Waals surface area (Å²) in [6.07, 6.45) is 0.334. The fourth-order valence-corrected chi connectivity index (χ4v) is 3.19. The van der Waals surface area contributed by atoms with E-state index in [1.165, 1.54) is 0 Å². The molecular formula is C19H27N3O4. The fourth-order valence-electron chi connectivity index (χ4n) is 3.19. The predicted molar refractivity (Wildman–Crippen MR) is 97.7 cm³/mol. The smallest absolute Gasteiger partial charge is 0.317 e. The van der Waals surface area contributed by atoms with E-state index in [1.54, 1.807) is 4.90 Å². The molecule has 0 aromatic heterocycles. The first-order valence-corrected chi connectivity index (χ1v) is 9.16. The van der Waals surface area contributed by atoms with Gasteiger partial charge in [-0.15, -0.1) is 0 Å². The van der Waals surface area contributed by atoms with Gasteiger partial charge in [-0.1, -0.05) is 0 Å². The molecule has 2 aliphatic heterocycles. The topological polar surface area (TPSA) is 71.1 Å². The fraction of sp³-hybridized carbons (Fsp3) is 0.579. The van der Waals surface area contributed by atoms with Crippen molar-refractivity contribution in [2.75, 3.05) is 39.4 Å². The maximum atomic E-state index is 12.7. The number of carbonyl (C=O) groups excluding carboxylic acids is 2. The first-order chi connectivity index (χ1) is 12.4. The van der Waals surface area contributed by atoms with Crippen LogP contribution >= 0.6 is 0 Å². The standard InChI is InChI=1S/C19H27N3O4/c1-13(2)20-19(24)22-6-4-21(5-7-22)18(23)12-15-11-17-16(10-14(15)3)25-8-9-26-17/h10-11,13H,4-9,12H2,1-3H3,(H,20,24). The van der Waals surface area contributed by atoms with Crippen LogP contribution in [0, 0.1) is 6.92 Å². The number of piperazine rings is 1. The van der Waals surface area contributed by atoms with Gasteiger partial charge in [0.15, 0.2) is 11.5 Å². The quantitative estimate of drug-likeness (QED) is 0.887. The zero-order valence-electron chi connectivity index (χ0n) is 15.7. The molecule has 1 fully saturated rings. The average molecular weight is 361 g/mol. The number of ether oxygens (including phenoxy) is 2. The molecule has 0 bridgehead atoms. The van der Waals surface area contributed by atoms with Crippen LogP contribution in [0.15, 0.2) is 12.1 Å². The molecule has 1 aromatic rings. The van der Waals surface area contributed by atoms with Gasteiger partial charge in [-0.25, -0.2) is 4.79 Å². The second kappa shape index (κ2) is 7.85. The number of carbonyl (C=O) groups is 2. The van der Waals surface area contributed by atoms with Crippen molar-refractivity contribution < 1.29 is 19.1 Å². The lowest BCUT2D eigenvalue weighted by Crippen LogP contribution is -2.54. The van der Waals surface area contributed by atoms with Crippen LogP contribution < -0.4 is 14.8 Å². The van der Waals surface area contributed by atoms with Crippen molar-refractivity contribution in [1.29, 1.82) is 0 Å². The molecular weight excluding hydrogens is 334 g/mol. The Bertz CT molecular complexity index is 682. The summed E-state index contributed by atoms with van der Waals surface area (Å²) in [6.45, 7) is 9.19. The Labute approximate surface area is 154 Å². The molecule has 0 atom stereocenters. The summed E-state index contributed by atoms with van der Waals surface area (Å²) in [5.74, 6) is 1.53.